The molecule has 2 nitrogen and oxygen atoms in total. The molecule has 100 valence electrons. The summed E-state index contributed by atoms with van der Waals surface area (Å²) in [7, 11) is 0. The minimum absolute atomic E-state index is 0.171. The predicted molar refractivity (Wildman–Crippen MR) is 72.5 cm³/mol. The number of pyridine rings is 1. The van der Waals surface area contributed by atoms with Crippen molar-refractivity contribution in [3.05, 3.63) is 58.2 Å². The van der Waals surface area contributed by atoms with E-state index in [0.717, 1.165) is 11.1 Å². The molecule has 0 aliphatic rings. The first-order valence-electron chi connectivity index (χ1n) is 5.86. The average molecular weight is 283 g/mol. The van der Waals surface area contributed by atoms with Crippen molar-refractivity contribution in [2.24, 2.45) is 0 Å². The van der Waals surface area contributed by atoms with Gasteiger partial charge in [0.05, 0.1) is 5.02 Å². The molecule has 0 spiro atoms. The quantitative estimate of drug-likeness (QED) is 0.917. The lowest BCUT2D eigenvalue weighted by molar-refractivity contribution is 0.624. The molecule has 2 aromatic rings. The van der Waals surface area contributed by atoms with Crippen molar-refractivity contribution in [3.8, 4) is 0 Å². The van der Waals surface area contributed by atoms with Gasteiger partial charge in [0.1, 0.15) is 5.82 Å². The minimum atomic E-state index is -0.483. The molecule has 19 heavy (non-hydrogen) atoms. The van der Waals surface area contributed by atoms with Gasteiger partial charge in [-0.15, -0.1) is 0 Å². The lowest BCUT2D eigenvalue weighted by atomic mass is 10.1. The molecule has 0 radical (unpaired) electrons. The number of rotatable bonds is 4. The Morgan fingerprint density at radius 1 is 1.26 bits per heavy atom. The Kier molecular flexibility index (Phi) is 4.32. The number of nitrogens with zero attached hydrogens (tertiary/aromatic N) is 1. The molecule has 0 bridgehead atoms. The summed E-state index contributed by atoms with van der Waals surface area (Å²) in [6, 6.07) is 5.85. The lowest BCUT2D eigenvalue weighted by Crippen LogP contribution is -2.08. The van der Waals surface area contributed by atoms with Gasteiger partial charge < -0.3 is 5.32 Å². The summed E-state index contributed by atoms with van der Waals surface area (Å²) in [4.78, 5) is 3.87. The first kappa shape index (κ1) is 13.7. The van der Waals surface area contributed by atoms with Gasteiger partial charge in [-0.25, -0.2) is 13.8 Å². The van der Waals surface area contributed by atoms with E-state index in [1.165, 1.54) is 24.4 Å². The van der Waals surface area contributed by atoms with Gasteiger partial charge in [0, 0.05) is 12.7 Å². The van der Waals surface area contributed by atoms with Crippen LogP contribution < -0.4 is 5.32 Å². The molecule has 0 unspecified atom stereocenters. The first-order valence-corrected chi connectivity index (χ1v) is 6.24. The molecule has 1 aromatic carbocycles. The summed E-state index contributed by atoms with van der Waals surface area (Å²) < 4.78 is 26.4. The fourth-order valence-corrected chi connectivity index (χ4v) is 1.94. The number of hydrogen-bond donors (Lipinski definition) is 1. The lowest BCUT2D eigenvalue weighted by Gasteiger charge is -2.08. The number of halogens is 3. The largest absolute Gasteiger partial charge is 0.367 e. The van der Waals surface area contributed by atoms with E-state index in [1.54, 1.807) is 6.07 Å². The zero-order valence-electron chi connectivity index (χ0n) is 10.4. The molecule has 1 aromatic heterocycles. The van der Waals surface area contributed by atoms with Gasteiger partial charge in [-0.3, -0.25) is 0 Å². The van der Waals surface area contributed by atoms with Crippen LogP contribution in [-0.2, 0) is 6.42 Å². The Morgan fingerprint density at radius 3 is 2.74 bits per heavy atom. The third-order valence-corrected chi connectivity index (χ3v) is 3.01. The number of hydrogen-bond acceptors (Lipinski definition) is 2. The van der Waals surface area contributed by atoms with Gasteiger partial charge in [0.15, 0.2) is 11.6 Å². The van der Waals surface area contributed by atoms with Crippen molar-refractivity contribution < 1.29 is 8.78 Å². The Bertz CT molecular complexity index is 536. The fraction of sp³-hybridized carbons (Fsp3) is 0.214. The van der Waals surface area contributed by atoms with E-state index >= 15 is 0 Å². The molecular formula is C14H13ClF2N2. The van der Waals surface area contributed by atoms with E-state index in [4.69, 9.17) is 11.6 Å². The van der Waals surface area contributed by atoms with E-state index in [1.807, 2.05) is 6.92 Å². The average Bonchev–Trinajstić information content (AvgIpc) is 2.34. The Balaban J connectivity index is 1.96. The second-order valence-electron chi connectivity index (χ2n) is 4.23. The molecule has 0 aliphatic heterocycles. The van der Waals surface area contributed by atoms with E-state index in [2.05, 4.69) is 10.3 Å². The van der Waals surface area contributed by atoms with E-state index in [-0.39, 0.29) is 16.7 Å². The van der Waals surface area contributed by atoms with Gasteiger partial charge in [-0.05, 0) is 42.7 Å². The fourth-order valence-electron chi connectivity index (χ4n) is 1.80. The molecule has 2 rings (SSSR count). The molecule has 5 heteroatoms. The third kappa shape index (κ3) is 3.64. The zero-order valence-corrected chi connectivity index (χ0v) is 11.1. The van der Waals surface area contributed by atoms with Crippen LogP contribution in [0.4, 0.5) is 14.6 Å². The van der Waals surface area contributed by atoms with Gasteiger partial charge >= 0.3 is 0 Å². The van der Waals surface area contributed by atoms with Crippen LogP contribution in [0, 0.1) is 18.6 Å². The SMILES string of the molecule is Cc1cc(F)ccc1CCNc1ncc(Cl)cc1F. The Labute approximate surface area is 115 Å². The van der Waals surface area contributed by atoms with Crippen molar-refractivity contribution in [1.29, 1.82) is 0 Å². The predicted octanol–water partition coefficient (Wildman–Crippen LogP) is 3.98. The molecule has 0 saturated carbocycles. The molecule has 1 N–H and O–H groups in total. The molecule has 0 aliphatic carbocycles. The van der Waals surface area contributed by atoms with E-state index in [9.17, 15) is 8.78 Å². The van der Waals surface area contributed by atoms with Gasteiger partial charge in [-0.2, -0.15) is 0 Å². The second-order valence-corrected chi connectivity index (χ2v) is 4.67. The highest BCUT2D eigenvalue weighted by molar-refractivity contribution is 6.30. The summed E-state index contributed by atoms with van der Waals surface area (Å²) >= 11 is 5.62. The molecule has 0 saturated heterocycles. The number of aromatic nitrogens is 1. The van der Waals surface area contributed by atoms with Gasteiger partial charge in [-0.1, -0.05) is 17.7 Å². The number of benzene rings is 1. The maximum atomic E-state index is 13.4. The minimum Gasteiger partial charge on any atom is -0.367 e. The van der Waals surface area contributed by atoms with E-state index < -0.39 is 5.82 Å². The van der Waals surface area contributed by atoms with Gasteiger partial charge in [0.2, 0.25) is 0 Å². The van der Waals surface area contributed by atoms with Gasteiger partial charge in [0.25, 0.3) is 0 Å². The summed E-state index contributed by atoms with van der Waals surface area (Å²) in [6.45, 7) is 2.36. The van der Waals surface area contributed by atoms with Crippen molar-refractivity contribution in [3.63, 3.8) is 0 Å². The number of anilines is 1. The first-order chi connectivity index (χ1) is 9.06. The monoisotopic (exact) mass is 282 g/mol. The topological polar surface area (TPSA) is 24.9 Å². The Hall–Kier alpha value is -1.68. The molecule has 0 amide bonds. The van der Waals surface area contributed by atoms with Crippen LogP contribution in [0.5, 0.6) is 0 Å². The number of nitrogens with one attached hydrogen (secondary N) is 1. The summed E-state index contributed by atoms with van der Waals surface area (Å²) in [5, 5.41) is 3.15. The molecular weight excluding hydrogens is 270 g/mol. The van der Waals surface area contributed by atoms with Crippen LogP contribution in [0.2, 0.25) is 5.02 Å². The normalized spacial score (nSPS) is 10.5. The third-order valence-electron chi connectivity index (χ3n) is 2.80. The summed E-state index contributed by atoms with van der Waals surface area (Å²) in [5.74, 6) is -0.563. The van der Waals surface area contributed by atoms with Crippen LogP contribution in [0.1, 0.15) is 11.1 Å². The smallest absolute Gasteiger partial charge is 0.166 e. The van der Waals surface area contributed by atoms with Crippen LogP contribution in [-0.4, -0.2) is 11.5 Å². The second kappa shape index (κ2) is 5.97. The van der Waals surface area contributed by atoms with Crippen LogP contribution in [0.3, 0.4) is 0 Å². The number of aryl methyl sites for hydroxylation is 1. The summed E-state index contributed by atoms with van der Waals surface area (Å²) in [6.07, 6.45) is 2.05. The molecule has 1 heterocycles. The maximum absolute atomic E-state index is 13.4. The Morgan fingerprint density at radius 2 is 2.05 bits per heavy atom. The van der Waals surface area contributed by atoms with Crippen LogP contribution in [0.25, 0.3) is 0 Å². The molecule has 0 atom stereocenters. The standard InChI is InChI=1S/C14H13ClF2N2/c1-9-6-12(16)3-2-10(9)4-5-18-14-13(17)7-11(15)8-19-14/h2-3,6-8H,4-5H2,1H3,(H,18,19). The van der Waals surface area contributed by atoms with Crippen molar-refractivity contribution >= 4 is 17.4 Å². The summed E-state index contributed by atoms with van der Waals surface area (Å²) in [5.41, 5.74) is 1.90. The zero-order chi connectivity index (χ0) is 13.8. The van der Waals surface area contributed by atoms with Crippen molar-refractivity contribution in [1.82, 2.24) is 4.98 Å². The maximum Gasteiger partial charge on any atom is 0.166 e. The van der Waals surface area contributed by atoms with Crippen molar-refractivity contribution in [2.75, 3.05) is 11.9 Å². The van der Waals surface area contributed by atoms with Crippen molar-refractivity contribution in [2.45, 2.75) is 13.3 Å². The highest BCUT2D eigenvalue weighted by Crippen LogP contribution is 2.16. The van der Waals surface area contributed by atoms with E-state index in [0.29, 0.717) is 13.0 Å². The van der Waals surface area contributed by atoms with Crippen LogP contribution >= 0.6 is 11.6 Å². The highest BCUT2D eigenvalue weighted by Gasteiger charge is 2.05. The van der Waals surface area contributed by atoms with Crippen LogP contribution in [0.15, 0.2) is 30.5 Å². The highest BCUT2D eigenvalue weighted by atomic mass is 35.5. The molecule has 0 fully saturated rings.